The fourth-order valence-corrected chi connectivity index (χ4v) is 1.50. The van der Waals surface area contributed by atoms with Crippen LogP contribution in [-0.2, 0) is 14.3 Å². The van der Waals surface area contributed by atoms with Crippen LogP contribution in [0.25, 0.3) is 0 Å². The summed E-state index contributed by atoms with van der Waals surface area (Å²) >= 11 is 0. The highest BCUT2D eigenvalue weighted by Crippen LogP contribution is 2.17. The minimum atomic E-state index is -2.80. The molecule has 0 bridgehead atoms. The first kappa shape index (κ1) is 13.3. The fraction of sp³-hybridized carbons (Fsp3) is 0.900. The van der Waals surface area contributed by atoms with Crippen LogP contribution in [0.2, 0.25) is 0 Å². The van der Waals surface area contributed by atoms with E-state index in [2.05, 4.69) is 10.1 Å². The molecule has 94 valence electrons. The molecular formula is C10H17F2NO3. The van der Waals surface area contributed by atoms with Crippen molar-refractivity contribution in [3.8, 4) is 0 Å². The van der Waals surface area contributed by atoms with E-state index < -0.39 is 30.3 Å². The average molecular weight is 237 g/mol. The lowest BCUT2D eigenvalue weighted by Gasteiger charge is -2.22. The summed E-state index contributed by atoms with van der Waals surface area (Å²) < 4.78 is 33.3. The predicted molar refractivity (Wildman–Crippen MR) is 53.1 cm³/mol. The molecule has 1 aliphatic heterocycles. The first-order chi connectivity index (χ1) is 7.28. The third-order valence-corrected chi connectivity index (χ3v) is 2.08. The molecule has 0 unspecified atom stereocenters. The van der Waals surface area contributed by atoms with Crippen molar-refractivity contribution in [2.75, 3.05) is 6.54 Å². The number of halogens is 2. The monoisotopic (exact) mass is 237 g/mol. The summed E-state index contributed by atoms with van der Waals surface area (Å²) in [6.45, 7) is 2.71. The Labute approximate surface area is 93.3 Å². The van der Waals surface area contributed by atoms with Gasteiger partial charge in [0.05, 0.1) is 6.10 Å². The van der Waals surface area contributed by atoms with Gasteiger partial charge in [0.2, 0.25) is 0 Å². The number of rotatable bonds is 3. The molecule has 0 saturated carbocycles. The Balaban J connectivity index is 2.38. The van der Waals surface area contributed by atoms with Gasteiger partial charge in [0.15, 0.2) is 0 Å². The van der Waals surface area contributed by atoms with Crippen LogP contribution in [0, 0.1) is 0 Å². The molecule has 1 fully saturated rings. The molecule has 1 aliphatic rings. The standard InChI is InChI=1S/C10H17F2NO3/c1-10(2,3)16-8(14)7-4-6(5-13-7)15-9(11)12/h6-7,9,13H,4-5H2,1-3H3/t6-,7+/m1/s1. The third kappa shape index (κ3) is 4.40. The zero-order valence-electron chi connectivity index (χ0n) is 9.63. The van der Waals surface area contributed by atoms with Crippen LogP contribution >= 0.6 is 0 Å². The topological polar surface area (TPSA) is 47.6 Å². The molecule has 0 aliphatic carbocycles. The van der Waals surface area contributed by atoms with Crippen molar-refractivity contribution in [3.05, 3.63) is 0 Å². The van der Waals surface area contributed by atoms with Gasteiger partial charge in [0, 0.05) is 13.0 Å². The van der Waals surface area contributed by atoms with Crippen LogP contribution in [0.1, 0.15) is 27.2 Å². The number of carbonyl (C=O) groups is 1. The van der Waals surface area contributed by atoms with Gasteiger partial charge in [-0.05, 0) is 20.8 Å². The molecule has 1 rings (SSSR count). The second-order valence-electron chi connectivity index (χ2n) is 4.75. The smallest absolute Gasteiger partial charge is 0.345 e. The van der Waals surface area contributed by atoms with Gasteiger partial charge in [-0.15, -0.1) is 0 Å². The zero-order chi connectivity index (χ0) is 12.3. The van der Waals surface area contributed by atoms with E-state index in [9.17, 15) is 13.6 Å². The molecule has 0 amide bonds. The minimum Gasteiger partial charge on any atom is -0.459 e. The lowest BCUT2D eigenvalue weighted by atomic mass is 10.1. The van der Waals surface area contributed by atoms with Crippen LogP contribution < -0.4 is 5.32 Å². The number of alkyl halides is 2. The third-order valence-electron chi connectivity index (χ3n) is 2.08. The molecule has 1 saturated heterocycles. The predicted octanol–water partition coefficient (Wildman–Crippen LogP) is 1.30. The van der Waals surface area contributed by atoms with E-state index in [0.717, 1.165) is 0 Å². The summed E-state index contributed by atoms with van der Waals surface area (Å²) in [6.07, 6.45) is -0.406. The molecule has 6 heteroatoms. The Kier molecular flexibility index (Phi) is 4.21. The number of ether oxygens (including phenoxy) is 2. The number of hydrogen-bond donors (Lipinski definition) is 1. The van der Waals surface area contributed by atoms with Crippen molar-refractivity contribution >= 4 is 5.97 Å². The Morgan fingerprint density at radius 1 is 1.44 bits per heavy atom. The SMILES string of the molecule is CC(C)(C)OC(=O)[C@@H]1C[C@@H](OC(F)F)CN1. The minimum absolute atomic E-state index is 0.221. The first-order valence-corrected chi connectivity index (χ1v) is 5.18. The second kappa shape index (κ2) is 5.05. The van der Waals surface area contributed by atoms with Gasteiger partial charge in [-0.2, -0.15) is 8.78 Å². The van der Waals surface area contributed by atoms with Gasteiger partial charge in [0.1, 0.15) is 11.6 Å². The van der Waals surface area contributed by atoms with Crippen LogP contribution in [0.3, 0.4) is 0 Å². The van der Waals surface area contributed by atoms with E-state index in [1.807, 2.05) is 0 Å². The van der Waals surface area contributed by atoms with Gasteiger partial charge in [-0.3, -0.25) is 4.79 Å². The van der Waals surface area contributed by atoms with E-state index in [4.69, 9.17) is 4.74 Å². The van der Waals surface area contributed by atoms with E-state index in [0.29, 0.717) is 0 Å². The Morgan fingerprint density at radius 3 is 2.56 bits per heavy atom. The number of esters is 1. The van der Waals surface area contributed by atoms with E-state index in [1.165, 1.54) is 0 Å². The Morgan fingerprint density at radius 2 is 2.06 bits per heavy atom. The van der Waals surface area contributed by atoms with E-state index >= 15 is 0 Å². The largest absolute Gasteiger partial charge is 0.459 e. The molecule has 0 aromatic carbocycles. The van der Waals surface area contributed by atoms with E-state index in [1.54, 1.807) is 20.8 Å². The maximum Gasteiger partial charge on any atom is 0.345 e. The van der Waals surface area contributed by atoms with Crippen LogP contribution in [0.15, 0.2) is 0 Å². The van der Waals surface area contributed by atoms with Gasteiger partial charge < -0.3 is 14.8 Å². The molecule has 0 aromatic heterocycles. The summed E-state index contributed by atoms with van der Waals surface area (Å²) in [5.74, 6) is -0.423. The highest BCUT2D eigenvalue weighted by atomic mass is 19.3. The first-order valence-electron chi connectivity index (χ1n) is 5.18. The van der Waals surface area contributed by atoms with Gasteiger partial charge in [0.25, 0.3) is 0 Å². The fourth-order valence-electron chi connectivity index (χ4n) is 1.50. The lowest BCUT2D eigenvalue weighted by molar-refractivity contribution is -0.163. The lowest BCUT2D eigenvalue weighted by Crippen LogP contribution is -2.37. The number of nitrogens with one attached hydrogen (secondary N) is 1. The second-order valence-corrected chi connectivity index (χ2v) is 4.75. The van der Waals surface area contributed by atoms with E-state index in [-0.39, 0.29) is 13.0 Å². The average Bonchev–Trinajstić information content (AvgIpc) is 2.48. The van der Waals surface area contributed by atoms with Crippen LogP contribution in [-0.4, -0.2) is 36.9 Å². The summed E-state index contributed by atoms with van der Waals surface area (Å²) in [5.41, 5.74) is -0.569. The highest BCUT2D eigenvalue weighted by Gasteiger charge is 2.34. The van der Waals surface area contributed by atoms with Gasteiger partial charge >= 0.3 is 12.6 Å². The van der Waals surface area contributed by atoms with Gasteiger partial charge in [-0.1, -0.05) is 0 Å². The van der Waals surface area contributed by atoms with Crippen molar-refractivity contribution in [2.45, 2.75) is 51.6 Å². The van der Waals surface area contributed by atoms with Crippen molar-refractivity contribution in [3.63, 3.8) is 0 Å². The quantitative estimate of drug-likeness (QED) is 0.751. The molecule has 16 heavy (non-hydrogen) atoms. The van der Waals surface area contributed by atoms with Crippen molar-refractivity contribution in [1.82, 2.24) is 5.32 Å². The normalized spacial score (nSPS) is 26.1. The molecule has 1 heterocycles. The number of hydrogen-bond acceptors (Lipinski definition) is 4. The molecule has 2 atom stereocenters. The molecular weight excluding hydrogens is 220 g/mol. The Bertz CT molecular complexity index is 253. The molecule has 1 N–H and O–H groups in total. The van der Waals surface area contributed by atoms with Crippen molar-refractivity contribution < 1.29 is 23.0 Å². The summed E-state index contributed by atoms with van der Waals surface area (Å²) in [5, 5.41) is 2.80. The highest BCUT2D eigenvalue weighted by molar-refractivity contribution is 5.76. The van der Waals surface area contributed by atoms with Crippen LogP contribution in [0.4, 0.5) is 8.78 Å². The maximum atomic E-state index is 11.9. The van der Waals surface area contributed by atoms with Crippen molar-refractivity contribution in [2.24, 2.45) is 0 Å². The van der Waals surface area contributed by atoms with Crippen LogP contribution in [0.5, 0.6) is 0 Å². The van der Waals surface area contributed by atoms with Gasteiger partial charge in [-0.25, -0.2) is 0 Å². The molecule has 0 aromatic rings. The maximum absolute atomic E-state index is 11.9. The van der Waals surface area contributed by atoms with Crippen molar-refractivity contribution in [1.29, 1.82) is 0 Å². The summed E-state index contributed by atoms with van der Waals surface area (Å²) in [7, 11) is 0. The summed E-state index contributed by atoms with van der Waals surface area (Å²) in [6, 6.07) is -0.553. The molecule has 4 nitrogen and oxygen atoms in total. The Hall–Kier alpha value is -0.750. The summed E-state index contributed by atoms with van der Waals surface area (Å²) in [4.78, 5) is 11.6. The molecule has 0 radical (unpaired) electrons. The molecule has 0 spiro atoms. The zero-order valence-corrected chi connectivity index (χ0v) is 9.63. The number of carbonyl (C=O) groups excluding carboxylic acids is 1.